The number of rotatable bonds is 6. The van der Waals surface area contributed by atoms with Gasteiger partial charge in [0.05, 0.1) is 18.6 Å². The number of carbonyl (C=O) groups excluding carboxylic acids is 1. The van der Waals surface area contributed by atoms with Gasteiger partial charge in [-0.2, -0.15) is 0 Å². The van der Waals surface area contributed by atoms with Crippen molar-refractivity contribution >= 4 is 5.91 Å². The molecule has 0 radical (unpaired) electrons. The Morgan fingerprint density at radius 1 is 1.19 bits per heavy atom. The second-order valence-electron chi connectivity index (χ2n) is 6.79. The molecule has 2 aromatic carbocycles. The van der Waals surface area contributed by atoms with E-state index in [0.29, 0.717) is 31.1 Å². The van der Waals surface area contributed by atoms with Crippen LogP contribution in [0.25, 0.3) is 0 Å². The molecule has 0 spiro atoms. The first kappa shape index (κ1) is 19.4. The maximum Gasteiger partial charge on any atom is 0.250 e. The molecule has 2 aromatic rings. The predicted octanol–water partition coefficient (Wildman–Crippen LogP) is 2.53. The zero-order valence-electron chi connectivity index (χ0n) is 14.8. The number of likely N-dealkylation sites (tertiary alicyclic amines) is 1. The van der Waals surface area contributed by atoms with E-state index in [1.54, 1.807) is 0 Å². The van der Waals surface area contributed by atoms with Crippen molar-refractivity contribution in [2.45, 2.75) is 25.0 Å². The summed E-state index contributed by atoms with van der Waals surface area (Å²) in [6.45, 7) is 1.52. The van der Waals surface area contributed by atoms with Crippen LogP contribution in [0.1, 0.15) is 23.6 Å². The molecule has 7 heteroatoms. The standard InChI is InChI=1S/C20H22F2N2O3/c21-17-7-6-14(10-18(17)22)11-20(26)24(27)19(15-4-2-1-3-5-15)13-23-9-8-16(25)12-23/h1-7,10,16,19,25,27H,8-9,11-13H2. The summed E-state index contributed by atoms with van der Waals surface area (Å²) in [5, 5.41) is 20.9. The van der Waals surface area contributed by atoms with Crippen molar-refractivity contribution in [1.82, 2.24) is 9.96 Å². The van der Waals surface area contributed by atoms with Gasteiger partial charge in [0.1, 0.15) is 0 Å². The van der Waals surface area contributed by atoms with Crippen molar-refractivity contribution in [3.63, 3.8) is 0 Å². The van der Waals surface area contributed by atoms with Crippen molar-refractivity contribution in [3.8, 4) is 0 Å². The zero-order chi connectivity index (χ0) is 19.4. The predicted molar refractivity (Wildman–Crippen MR) is 94.9 cm³/mol. The van der Waals surface area contributed by atoms with Gasteiger partial charge in [0, 0.05) is 19.6 Å². The highest BCUT2D eigenvalue weighted by molar-refractivity contribution is 5.78. The van der Waals surface area contributed by atoms with Gasteiger partial charge in [0.2, 0.25) is 0 Å². The number of hydroxylamine groups is 2. The molecule has 1 aliphatic rings. The quantitative estimate of drug-likeness (QED) is 0.601. The monoisotopic (exact) mass is 376 g/mol. The fourth-order valence-electron chi connectivity index (χ4n) is 3.30. The molecular weight excluding hydrogens is 354 g/mol. The molecule has 1 aliphatic heterocycles. The van der Waals surface area contributed by atoms with Crippen LogP contribution < -0.4 is 0 Å². The number of halogens is 2. The van der Waals surface area contributed by atoms with Crippen LogP contribution in [0, 0.1) is 11.6 Å². The number of carbonyl (C=O) groups is 1. The van der Waals surface area contributed by atoms with Gasteiger partial charge < -0.3 is 5.11 Å². The molecular formula is C20H22F2N2O3. The Bertz CT molecular complexity index is 788. The molecule has 2 unspecified atom stereocenters. The minimum absolute atomic E-state index is 0.250. The van der Waals surface area contributed by atoms with Crippen LogP contribution in [0.15, 0.2) is 48.5 Å². The van der Waals surface area contributed by atoms with Crippen LogP contribution >= 0.6 is 0 Å². The number of aliphatic hydroxyl groups is 1. The Hall–Kier alpha value is -2.35. The Balaban J connectivity index is 1.75. The van der Waals surface area contributed by atoms with E-state index in [-0.39, 0.29) is 12.0 Å². The Morgan fingerprint density at radius 2 is 1.93 bits per heavy atom. The van der Waals surface area contributed by atoms with Gasteiger partial charge in [0.25, 0.3) is 5.91 Å². The molecule has 0 bridgehead atoms. The average Bonchev–Trinajstić information content (AvgIpc) is 3.08. The molecule has 1 fully saturated rings. The van der Waals surface area contributed by atoms with E-state index in [4.69, 9.17) is 0 Å². The SMILES string of the molecule is O=C(Cc1ccc(F)c(F)c1)N(O)C(CN1CCC(O)C1)c1ccccc1. The van der Waals surface area contributed by atoms with Gasteiger partial charge in [-0.05, 0) is 29.7 Å². The summed E-state index contributed by atoms with van der Waals surface area (Å²) in [7, 11) is 0. The number of nitrogens with zero attached hydrogens (tertiary/aromatic N) is 2. The summed E-state index contributed by atoms with van der Waals surface area (Å²) in [5.74, 6) is -2.63. The molecule has 144 valence electrons. The summed E-state index contributed by atoms with van der Waals surface area (Å²) in [6, 6.07) is 11.7. The van der Waals surface area contributed by atoms with Gasteiger partial charge in [0.15, 0.2) is 11.6 Å². The Morgan fingerprint density at radius 3 is 2.56 bits per heavy atom. The molecule has 0 saturated carbocycles. The van der Waals surface area contributed by atoms with E-state index in [0.717, 1.165) is 17.7 Å². The molecule has 1 heterocycles. The molecule has 27 heavy (non-hydrogen) atoms. The van der Waals surface area contributed by atoms with Crippen molar-refractivity contribution in [2.75, 3.05) is 19.6 Å². The molecule has 0 aromatic heterocycles. The van der Waals surface area contributed by atoms with E-state index in [1.807, 2.05) is 35.2 Å². The van der Waals surface area contributed by atoms with E-state index in [1.165, 1.54) is 6.07 Å². The normalized spacial score (nSPS) is 18.4. The van der Waals surface area contributed by atoms with Gasteiger partial charge >= 0.3 is 0 Å². The lowest BCUT2D eigenvalue weighted by atomic mass is 10.0. The van der Waals surface area contributed by atoms with Crippen LogP contribution in [-0.4, -0.2) is 51.9 Å². The average molecular weight is 376 g/mol. The van der Waals surface area contributed by atoms with Gasteiger partial charge in [-0.15, -0.1) is 0 Å². The number of amides is 1. The molecule has 5 nitrogen and oxygen atoms in total. The van der Waals surface area contributed by atoms with Crippen molar-refractivity contribution in [3.05, 3.63) is 71.3 Å². The molecule has 3 rings (SSSR count). The second-order valence-corrected chi connectivity index (χ2v) is 6.79. The number of hydrogen-bond acceptors (Lipinski definition) is 4. The number of hydrogen-bond donors (Lipinski definition) is 2. The fourth-order valence-corrected chi connectivity index (χ4v) is 3.30. The summed E-state index contributed by atoms with van der Waals surface area (Å²) in [4.78, 5) is 14.5. The van der Waals surface area contributed by atoms with E-state index < -0.39 is 29.7 Å². The number of β-amino-alcohol motifs (C(OH)–C–C–N with tert-alkyl or cyclic N) is 1. The molecule has 0 aliphatic carbocycles. The van der Waals surface area contributed by atoms with Crippen LogP contribution in [0.5, 0.6) is 0 Å². The molecule has 1 amide bonds. The third-order valence-corrected chi connectivity index (χ3v) is 4.75. The summed E-state index contributed by atoms with van der Waals surface area (Å²) in [5.41, 5.74) is 1.03. The van der Waals surface area contributed by atoms with Gasteiger partial charge in [-0.3, -0.25) is 14.9 Å². The van der Waals surface area contributed by atoms with Gasteiger partial charge in [-0.1, -0.05) is 36.4 Å². The Labute approximate surface area is 156 Å². The molecule has 2 atom stereocenters. The second kappa shape index (κ2) is 8.56. The molecule has 2 N–H and O–H groups in total. The Kier molecular flexibility index (Phi) is 6.15. The highest BCUT2D eigenvalue weighted by Crippen LogP contribution is 2.24. The third-order valence-electron chi connectivity index (χ3n) is 4.75. The van der Waals surface area contributed by atoms with E-state index in [2.05, 4.69) is 0 Å². The first-order valence-electron chi connectivity index (χ1n) is 8.84. The first-order valence-corrected chi connectivity index (χ1v) is 8.84. The lowest BCUT2D eigenvalue weighted by Gasteiger charge is -2.30. The first-order chi connectivity index (χ1) is 12.9. The highest BCUT2D eigenvalue weighted by atomic mass is 19.2. The van der Waals surface area contributed by atoms with Crippen LogP contribution in [0.4, 0.5) is 8.78 Å². The van der Waals surface area contributed by atoms with Crippen molar-refractivity contribution in [1.29, 1.82) is 0 Å². The molecule has 1 saturated heterocycles. The van der Waals surface area contributed by atoms with Crippen LogP contribution in [0.3, 0.4) is 0 Å². The summed E-state index contributed by atoms with van der Waals surface area (Å²) in [6.07, 6.45) is -0.0125. The summed E-state index contributed by atoms with van der Waals surface area (Å²) >= 11 is 0. The van der Waals surface area contributed by atoms with Crippen molar-refractivity contribution in [2.24, 2.45) is 0 Å². The summed E-state index contributed by atoms with van der Waals surface area (Å²) < 4.78 is 26.4. The van der Waals surface area contributed by atoms with Crippen molar-refractivity contribution < 1.29 is 23.9 Å². The van der Waals surface area contributed by atoms with E-state index in [9.17, 15) is 23.9 Å². The minimum Gasteiger partial charge on any atom is -0.392 e. The lowest BCUT2D eigenvalue weighted by molar-refractivity contribution is -0.177. The topological polar surface area (TPSA) is 64.0 Å². The highest BCUT2D eigenvalue weighted by Gasteiger charge is 2.29. The van der Waals surface area contributed by atoms with Crippen LogP contribution in [0.2, 0.25) is 0 Å². The smallest absolute Gasteiger partial charge is 0.250 e. The van der Waals surface area contributed by atoms with Crippen LogP contribution in [-0.2, 0) is 11.2 Å². The largest absolute Gasteiger partial charge is 0.392 e. The van der Waals surface area contributed by atoms with E-state index >= 15 is 0 Å². The zero-order valence-corrected chi connectivity index (χ0v) is 14.8. The number of benzene rings is 2. The minimum atomic E-state index is -1.03. The third kappa shape index (κ3) is 4.88. The maximum absolute atomic E-state index is 13.4. The lowest BCUT2D eigenvalue weighted by Crippen LogP contribution is -2.40. The fraction of sp³-hybridized carbons (Fsp3) is 0.350. The van der Waals surface area contributed by atoms with Gasteiger partial charge in [-0.25, -0.2) is 13.8 Å². The maximum atomic E-state index is 13.4. The number of aliphatic hydroxyl groups excluding tert-OH is 1.